The molecule has 0 saturated carbocycles. The van der Waals surface area contributed by atoms with Crippen LogP contribution in [0.2, 0.25) is 0 Å². The summed E-state index contributed by atoms with van der Waals surface area (Å²) in [4.78, 5) is 14.9. The molecule has 1 saturated heterocycles. The zero-order valence-corrected chi connectivity index (χ0v) is 18.7. The Labute approximate surface area is 193 Å². The highest BCUT2D eigenvalue weighted by Gasteiger charge is 2.28. The molecule has 0 bridgehead atoms. The molecule has 11 heteroatoms. The highest BCUT2D eigenvalue weighted by molar-refractivity contribution is 8.24. The Morgan fingerprint density at radius 2 is 2.06 bits per heavy atom. The van der Waals surface area contributed by atoms with Crippen molar-refractivity contribution in [3.8, 4) is 17.2 Å². The van der Waals surface area contributed by atoms with Crippen LogP contribution in [0.4, 0.5) is 5.69 Å². The lowest BCUT2D eigenvalue weighted by Crippen LogP contribution is -2.41. The average Bonchev–Trinajstić information content (AvgIpc) is 2.81. The zero-order chi connectivity index (χ0) is 23.0. The number of amidine groups is 1. The van der Waals surface area contributed by atoms with Crippen molar-refractivity contribution in [2.24, 2.45) is 16.0 Å². The van der Waals surface area contributed by atoms with Crippen LogP contribution in [-0.4, -0.2) is 58.7 Å². The van der Waals surface area contributed by atoms with E-state index in [4.69, 9.17) is 19.9 Å². The van der Waals surface area contributed by atoms with Crippen LogP contribution in [-0.2, 0) is 0 Å². The molecule has 33 heavy (non-hydrogen) atoms. The van der Waals surface area contributed by atoms with Gasteiger partial charge in [0.1, 0.15) is 19.0 Å². The highest BCUT2D eigenvalue weighted by Crippen LogP contribution is 2.47. The van der Waals surface area contributed by atoms with Crippen molar-refractivity contribution in [1.82, 2.24) is 4.90 Å². The second-order valence-electron chi connectivity index (χ2n) is 8.20. The van der Waals surface area contributed by atoms with E-state index in [0.717, 1.165) is 12.8 Å². The Balaban J connectivity index is 1.25. The second-order valence-corrected chi connectivity index (χ2v) is 9.63. The number of hydrogen-bond donors (Lipinski definition) is 4. The standard InChI is InChI=1S/C22H26N4O6S/c23-21-20-16(24-33(28,29)25-21)4-1-5-18(20)32-13-14-3-2-8-26(12-14)22(27)15-6-7-17-19(11-15)31-10-9-30-17/h1,4-7,11,14,24,28-29H,2-3,8-10,12-13H2,(H2,23,25). The molecule has 5 N–H and O–H groups in total. The first-order valence-corrected chi connectivity index (χ1v) is 12.3. The Bertz CT molecular complexity index is 1110. The highest BCUT2D eigenvalue weighted by atomic mass is 32.3. The molecule has 2 aromatic carbocycles. The van der Waals surface area contributed by atoms with Crippen LogP contribution < -0.4 is 24.7 Å². The molecular weight excluding hydrogens is 448 g/mol. The SMILES string of the molecule is NC1=NS(O)(O)Nc2cccc(OCC3CCCN(C(=O)c4ccc5c(c4)OCCO5)C3)c21. The molecule has 1 fully saturated rings. The number of ether oxygens (including phenoxy) is 3. The number of likely N-dealkylation sites (tertiary alicyclic amines) is 1. The van der Waals surface area contributed by atoms with Crippen molar-refractivity contribution in [2.75, 3.05) is 37.6 Å². The lowest BCUT2D eigenvalue weighted by atomic mass is 9.98. The van der Waals surface area contributed by atoms with Gasteiger partial charge in [0, 0.05) is 24.6 Å². The van der Waals surface area contributed by atoms with Crippen LogP contribution in [0.15, 0.2) is 40.8 Å². The van der Waals surface area contributed by atoms with Crippen LogP contribution >= 0.6 is 11.0 Å². The van der Waals surface area contributed by atoms with Gasteiger partial charge < -0.3 is 24.8 Å². The van der Waals surface area contributed by atoms with Crippen molar-refractivity contribution in [3.05, 3.63) is 47.5 Å². The van der Waals surface area contributed by atoms with E-state index in [1.807, 2.05) is 4.90 Å². The lowest BCUT2D eigenvalue weighted by molar-refractivity contribution is 0.0632. The van der Waals surface area contributed by atoms with Crippen molar-refractivity contribution >= 4 is 28.4 Å². The first kappa shape index (κ1) is 21.7. The summed E-state index contributed by atoms with van der Waals surface area (Å²) >= 11 is 0. The van der Waals surface area contributed by atoms with Gasteiger partial charge in [-0.15, -0.1) is 4.40 Å². The third-order valence-corrected chi connectivity index (χ3v) is 6.77. The average molecular weight is 475 g/mol. The number of amides is 1. The molecule has 1 unspecified atom stereocenters. The predicted octanol–water partition coefficient (Wildman–Crippen LogP) is 3.10. The molecule has 0 spiro atoms. The number of rotatable bonds is 4. The summed E-state index contributed by atoms with van der Waals surface area (Å²) in [5.74, 6) is 1.88. The number of nitrogens with one attached hydrogen (secondary N) is 1. The minimum Gasteiger partial charge on any atom is -0.492 e. The van der Waals surface area contributed by atoms with Crippen LogP contribution in [0.25, 0.3) is 0 Å². The van der Waals surface area contributed by atoms with E-state index in [1.54, 1.807) is 36.4 Å². The van der Waals surface area contributed by atoms with Gasteiger partial charge in [-0.2, -0.15) is 0 Å². The van der Waals surface area contributed by atoms with Gasteiger partial charge in [0.2, 0.25) is 0 Å². The predicted molar refractivity (Wildman–Crippen MR) is 125 cm³/mol. The van der Waals surface area contributed by atoms with Gasteiger partial charge in [-0.05, 0) is 54.1 Å². The Morgan fingerprint density at radius 3 is 2.91 bits per heavy atom. The molecule has 0 aliphatic carbocycles. The normalized spacial score (nSPS) is 21.8. The topological polar surface area (TPSA) is 139 Å². The molecule has 1 atom stereocenters. The number of fused-ring (bicyclic) bond motifs is 2. The van der Waals surface area contributed by atoms with Gasteiger partial charge in [-0.25, -0.2) is 0 Å². The summed E-state index contributed by atoms with van der Waals surface area (Å²) in [6.45, 7) is 2.64. The number of nitrogens with zero attached hydrogens (tertiary/aromatic N) is 2. The first-order valence-electron chi connectivity index (χ1n) is 10.8. The van der Waals surface area contributed by atoms with E-state index in [1.165, 1.54) is 0 Å². The fraction of sp³-hybridized carbons (Fsp3) is 0.364. The number of benzene rings is 2. The monoisotopic (exact) mass is 474 g/mol. The van der Waals surface area contributed by atoms with Crippen molar-refractivity contribution < 1.29 is 28.1 Å². The third kappa shape index (κ3) is 4.52. The minimum atomic E-state index is -3.35. The van der Waals surface area contributed by atoms with Gasteiger partial charge >= 0.3 is 0 Å². The van der Waals surface area contributed by atoms with Gasteiger partial charge in [0.15, 0.2) is 17.3 Å². The second kappa shape index (κ2) is 8.65. The van der Waals surface area contributed by atoms with Crippen molar-refractivity contribution in [2.45, 2.75) is 12.8 Å². The molecule has 3 aliphatic rings. The largest absolute Gasteiger partial charge is 0.492 e. The Hall–Kier alpha value is -3.15. The van der Waals surface area contributed by atoms with Gasteiger partial charge in [0.25, 0.3) is 5.91 Å². The summed E-state index contributed by atoms with van der Waals surface area (Å²) in [5.41, 5.74) is 7.50. The van der Waals surface area contributed by atoms with Gasteiger partial charge in [-0.1, -0.05) is 6.07 Å². The van der Waals surface area contributed by atoms with E-state index in [0.29, 0.717) is 67.0 Å². The van der Waals surface area contributed by atoms with E-state index in [-0.39, 0.29) is 17.7 Å². The quantitative estimate of drug-likeness (QED) is 0.530. The molecular formula is C22H26N4O6S. The molecule has 1 amide bonds. The Morgan fingerprint density at radius 1 is 1.24 bits per heavy atom. The fourth-order valence-corrected chi connectivity index (χ4v) is 5.18. The summed E-state index contributed by atoms with van der Waals surface area (Å²) in [5, 5.41) is 0. The number of carbonyl (C=O) groups is 1. The van der Waals surface area contributed by atoms with Crippen LogP contribution in [0.1, 0.15) is 28.8 Å². The van der Waals surface area contributed by atoms with E-state index < -0.39 is 11.0 Å². The van der Waals surface area contributed by atoms with Gasteiger partial charge in [0.05, 0.1) is 17.9 Å². The smallest absolute Gasteiger partial charge is 0.254 e. The maximum Gasteiger partial charge on any atom is 0.254 e. The van der Waals surface area contributed by atoms with E-state index in [9.17, 15) is 13.9 Å². The third-order valence-electron chi connectivity index (χ3n) is 5.82. The van der Waals surface area contributed by atoms with Crippen LogP contribution in [0, 0.1) is 5.92 Å². The molecule has 2 aromatic rings. The maximum atomic E-state index is 13.1. The van der Waals surface area contributed by atoms with Crippen molar-refractivity contribution in [3.63, 3.8) is 0 Å². The molecule has 176 valence electrons. The summed E-state index contributed by atoms with van der Waals surface area (Å²) in [6.07, 6.45) is 1.81. The summed E-state index contributed by atoms with van der Waals surface area (Å²) in [7, 11) is -3.35. The number of nitrogens with two attached hydrogens (primary N) is 1. The maximum absolute atomic E-state index is 13.1. The molecule has 10 nitrogen and oxygen atoms in total. The number of carbonyl (C=O) groups excluding carboxylic acids is 1. The van der Waals surface area contributed by atoms with E-state index >= 15 is 0 Å². The van der Waals surface area contributed by atoms with Crippen LogP contribution in [0.3, 0.4) is 0 Å². The molecule has 3 aliphatic heterocycles. The summed E-state index contributed by atoms with van der Waals surface area (Å²) in [6, 6.07) is 10.5. The minimum absolute atomic E-state index is 0.0124. The van der Waals surface area contributed by atoms with E-state index in [2.05, 4.69) is 9.12 Å². The summed E-state index contributed by atoms with van der Waals surface area (Å²) < 4.78 is 43.2. The Kier molecular flexibility index (Phi) is 5.69. The van der Waals surface area contributed by atoms with Crippen molar-refractivity contribution in [1.29, 1.82) is 0 Å². The van der Waals surface area contributed by atoms with Gasteiger partial charge in [-0.3, -0.25) is 18.6 Å². The fourth-order valence-electron chi connectivity index (χ4n) is 4.31. The molecule has 3 heterocycles. The number of anilines is 1. The molecule has 5 rings (SSSR count). The first-order chi connectivity index (χ1) is 15.9. The number of piperidine rings is 1. The zero-order valence-electron chi connectivity index (χ0n) is 17.9. The lowest BCUT2D eigenvalue weighted by Gasteiger charge is -2.34. The number of hydrogen-bond acceptors (Lipinski definition) is 9. The van der Waals surface area contributed by atoms with Crippen LogP contribution in [0.5, 0.6) is 17.2 Å². The molecule has 0 radical (unpaired) electrons. The molecule has 0 aromatic heterocycles.